The first-order chi connectivity index (χ1) is 7.73. The Kier molecular flexibility index (Phi) is 3.25. The molecule has 2 rings (SSSR count). The molecule has 0 aromatic heterocycles. The van der Waals surface area contributed by atoms with E-state index < -0.39 is 5.72 Å². The van der Waals surface area contributed by atoms with Crippen LogP contribution in [0.3, 0.4) is 0 Å². The summed E-state index contributed by atoms with van der Waals surface area (Å²) in [6.45, 7) is 0.461. The summed E-state index contributed by atoms with van der Waals surface area (Å²) in [5.74, 6) is 0.549. The van der Waals surface area contributed by atoms with Gasteiger partial charge in [-0.2, -0.15) is 0 Å². The molecule has 0 bridgehead atoms. The third-order valence-corrected chi connectivity index (χ3v) is 3.39. The van der Waals surface area contributed by atoms with Gasteiger partial charge in [-0.15, -0.1) is 0 Å². The Labute approximate surface area is 95.6 Å². The summed E-state index contributed by atoms with van der Waals surface area (Å²) < 4.78 is 4.95. The molecule has 1 aromatic rings. The lowest BCUT2D eigenvalue weighted by molar-refractivity contribution is -0.146. The number of nitrogens with two attached hydrogens (primary N) is 1. The highest BCUT2D eigenvalue weighted by molar-refractivity contribution is 5.38. The molecule has 0 radical (unpaired) electrons. The fourth-order valence-electron chi connectivity index (χ4n) is 2.38. The van der Waals surface area contributed by atoms with Gasteiger partial charge in [0.15, 0.2) is 5.72 Å². The van der Waals surface area contributed by atoms with Crippen LogP contribution in [0.25, 0.3) is 0 Å². The van der Waals surface area contributed by atoms with Gasteiger partial charge in [0.05, 0.1) is 0 Å². The van der Waals surface area contributed by atoms with Gasteiger partial charge in [0.25, 0.3) is 6.47 Å². The molecule has 0 unspecified atom stereocenters. The van der Waals surface area contributed by atoms with Crippen molar-refractivity contribution in [3.63, 3.8) is 0 Å². The average Bonchev–Trinajstić information content (AvgIpc) is 2.31. The van der Waals surface area contributed by atoms with Gasteiger partial charge in [0, 0.05) is 12.8 Å². The van der Waals surface area contributed by atoms with Crippen molar-refractivity contribution in [3.05, 3.63) is 35.9 Å². The first-order valence-electron chi connectivity index (χ1n) is 5.69. The molecule has 3 heteroatoms. The minimum Gasteiger partial charge on any atom is -0.446 e. The predicted molar refractivity (Wildman–Crippen MR) is 61.7 cm³/mol. The second-order valence-corrected chi connectivity index (χ2v) is 4.46. The largest absolute Gasteiger partial charge is 0.446 e. The quantitative estimate of drug-likeness (QED) is 0.626. The Hall–Kier alpha value is -1.35. The smallest absolute Gasteiger partial charge is 0.294 e. The van der Waals surface area contributed by atoms with Gasteiger partial charge < -0.3 is 4.74 Å². The molecule has 0 saturated heterocycles. The summed E-state index contributed by atoms with van der Waals surface area (Å²) in [4.78, 5) is 10.3. The third-order valence-electron chi connectivity index (χ3n) is 3.39. The van der Waals surface area contributed by atoms with Gasteiger partial charge in [-0.25, -0.2) is 0 Å². The molecule has 1 saturated carbocycles. The Morgan fingerprint density at radius 3 is 2.44 bits per heavy atom. The second-order valence-electron chi connectivity index (χ2n) is 4.46. The predicted octanol–water partition coefficient (Wildman–Crippen LogP) is 2.17. The molecule has 0 heterocycles. The summed E-state index contributed by atoms with van der Waals surface area (Å²) in [7, 11) is 0. The summed E-state index contributed by atoms with van der Waals surface area (Å²) in [6.07, 6.45) is 3.44. The van der Waals surface area contributed by atoms with Crippen LogP contribution in [0.1, 0.15) is 37.2 Å². The molecule has 0 atom stereocenters. The topological polar surface area (TPSA) is 52.3 Å². The van der Waals surface area contributed by atoms with E-state index >= 15 is 0 Å². The average molecular weight is 219 g/mol. The summed E-state index contributed by atoms with van der Waals surface area (Å²) in [5, 5.41) is 0. The van der Waals surface area contributed by atoms with Gasteiger partial charge in [-0.1, -0.05) is 30.3 Å². The number of ether oxygens (including phenoxy) is 1. The van der Waals surface area contributed by atoms with Crippen LogP contribution in [0.4, 0.5) is 0 Å². The second kappa shape index (κ2) is 4.66. The minimum absolute atomic E-state index is 0.461. The van der Waals surface area contributed by atoms with Crippen molar-refractivity contribution in [2.24, 2.45) is 5.73 Å². The van der Waals surface area contributed by atoms with Gasteiger partial charge in [0.1, 0.15) is 0 Å². The maximum absolute atomic E-state index is 10.3. The van der Waals surface area contributed by atoms with E-state index in [4.69, 9.17) is 10.5 Å². The van der Waals surface area contributed by atoms with Crippen LogP contribution < -0.4 is 5.73 Å². The Morgan fingerprint density at radius 1 is 1.25 bits per heavy atom. The van der Waals surface area contributed by atoms with Crippen LogP contribution in [-0.2, 0) is 9.53 Å². The molecule has 1 aromatic carbocycles. The van der Waals surface area contributed by atoms with E-state index in [2.05, 4.69) is 24.3 Å². The van der Waals surface area contributed by atoms with Crippen LogP contribution in [0.15, 0.2) is 30.3 Å². The molecule has 1 fully saturated rings. The van der Waals surface area contributed by atoms with Gasteiger partial charge in [-0.3, -0.25) is 10.5 Å². The van der Waals surface area contributed by atoms with Crippen molar-refractivity contribution in [3.8, 4) is 0 Å². The van der Waals surface area contributed by atoms with Gasteiger partial charge in [0.2, 0.25) is 0 Å². The first kappa shape index (κ1) is 11.1. The molecule has 0 spiro atoms. The molecule has 0 amide bonds. The SMILES string of the molecule is NC1(OC=O)CCC(c2ccccc2)CC1. The summed E-state index contributed by atoms with van der Waals surface area (Å²) in [6, 6.07) is 10.4. The van der Waals surface area contributed by atoms with Crippen molar-refractivity contribution in [1.82, 2.24) is 0 Å². The van der Waals surface area contributed by atoms with Crippen LogP contribution >= 0.6 is 0 Å². The maximum Gasteiger partial charge on any atom is 0.294 e. The fourth-order valence-corrected chi connectivity index (χ4v) is 2.38. The Balaban J connectivity index is 1.98. The highest BCUT2D eigenvalue weighted by Crippen LogP contribution is 2.36. The van der Waals surface area contributed by atoms with Crippen molar-refractivity contribution in [2.45, 2.75) is 37.3 Å². The normalized spacial score (nSPS) is 29.7. The van der Waals surface area contributed by atoms with Crippen molar-refractivity contribution >= 4 is 6.47 Å². The van der Waals surface area contributed by atoms with E-state index in [1.807, 2.05) is 6.07 Å². The van der Waals surface area contributed by atoms with E-state index in [0.717, 1.165) is 25.7 Å². The van der Waals surface area contributed by atoms with E-state index in [1.165, 1.54) is 5.56 Å². The molecule has 1 aliphatic carbocycles. The van der Waals surface area contributed by atoms with E-state index in [1.54, 1.807) is 0 Å². The monoisotopic (exact) mass is 219 g/mol. The number of hydrogen-bond acceptors (Lipinski definition) is 3. The number of hydrogen-bond donors (Lipinski definition) is 1. The van der Waals surface area contributed by atoms with Crippen molar-refractivity contribution < 1.29 is 9.53 Å². The number of benzene rings is 1. The zero-order valence-electron chi connectivity index (χ0n) is 9.26. The van der Waals surface area contributed by atoms with Crippen LogP contribution in [0.5, 0.6) is 0 Å². The zero-order chi connectivity index (χ0) is 11.4. The summed E-state index contributed by atoms with van der Waals surface area (Å²) in [5.41, 5.74) is 6.58. The molecular formula is C13H17NO2. The van der Waals surface area contributed by atoms with Gasteiger partial charge in [-0.05, 0) is 24.3 Å². The van der Waals surface area contributed by atoms with E-state index in [0.29, 0.717) is 12.4 Å². The zero-order valence-corrected chi connectivity index (χ0v) is 9.26. The maximum atomic E-state index is 10.3. The minimum atomic E-state index is -0.729. The highest BCUT2D eigenvalue weighted by Gasteiger charge is 2.33. The summed E-state index contributed by atoms with van der Waals surface area (Å²) >= 11 is 0. The fraction of sp³-hybridized carbons (Fsp3) is 0.462. The first-order valence-corrected chi connectivity index (χ1v) is 5.69. The van der Waals surface area contributed by atoms with Gasteiger partial charge >= 0.3 is 0 Å². The Morgan fingerprint density at radius 2 is 1.88 bits per heavy atom. The number of rotatable bonds is 3. The molecule has 3 nitrogen and oxygen atoms in total. The molecule has 1 aliphatic rings. The van der Waals surface area contributed by atoms with Crippen molar-refractivity contribution in [2.75, 3.05) is 0 Å². The van der Waals surface area contributed by atoms with Crippen LogP contribution in [-0.4, -0.2) is 12.2 Å². The lowest BCUT2D eigenvalue weighted by atomic mass is 9.80. The number of carbonyl (C=O) groups excluding carboxylic acids is 1. The molecule has 86 valence electrons. The van der Waals surface area contributed by atoms with Crippen LogP contribution in [0.2, 0.25) is 0 Å². The van der Waals surface area contributed by atoms with E-state index in [-0.39, 0.29) is 0 Å². The molecular weight excluding hydrogens is 202 g/mol. The lowest BCUT2D eigenvalue weighted by Gasteiger charge is -2.35. The van der Waals surface area contributed by atoms with E-state index in [9.17, 15) is 4.79 Å². The standard InChI is InChI=1S/C13H17NO2/c14-13(16-10-15)8-6-12(7-9-13)11-4-2-1-3-5-11/h1-5,10,12H,6-9,14H2. The molecule has 16 heavy (non-hydrogen) atoms. The Bertz CT molecular complexity index is 342. The van der Waals surface area contributed by atoms with Crippen LogP contribution in [0, 0.1) is 0 Å². The number of carbonyl (C=O) groups is 1. The molecule has 2 N–H and O–H groups in total. The third kappa shape index (κ3) is 2.42. The molecule has 0 aliphatic heterocycles. The highest BCUT2D eigenvalue weighted by atomic mass is 16.5. The lowest BCUT2D eigenvalue weighted by Crippen LogP contribution is -2.45. The van der Waals surface area contributed by atoms with Crippen molar-refractivity contribution in [1.29, 1.82) is 0 Å².